The number of nitrogens with zero attached hydrogens (tertiary/aromatic N) is 1. The van der Waals surface area contributed by atoms with E-state index in [4.69, 9.17) is 5.26 Å². The topological polar surface area (TPSA) is 82.0 Å². The quantitative estimate of drug-likeness (QED) is 0.708. The predicted molar refractivity (Wildman–Crippen MR) is 89.6 cm³/mol. The zero-order chi connectivity index (χ0) is 16.2. The zero-order valence-electron chi connectivity index (χ0n) is 12.2. The van der Waals surface area contributed by atoms with E-state index in [2.05, 4.69) is 10.6 Å². The molecule has 5 nitrogen and oxygen atoms in total. The minimum atomic E-state index is -0.537. The molecule has 2 N–H and O–H groups in total. The van der Waals surface area contributed by atoms with Gasteiger partial charge in [0.05, 0.1) is 11.6 Å². The van der Waals surface area contributed by atoms with Gasteiger partial charge in [-0.3, -0.25) is 9.59 Å². The van der Waals surface area contributed by atoms with Crippen LogP contribution in [0.25, 0.3) is 0 Å². The average Bonchev–Trinajstić information content (AvgIpc) is 2.62. The van der Waals surface area contributed by atoms with Crippen molar-refractivity contribution in [3.63, 3.8) is 0 Å². The summed E-state index contributed by atoms with van der Waals surface area (Å²) in [5.74, 6) is 0. The van der Waals surface area contributed by atoms with Crippen LogP contribution < -0.4 is 21.5 Å². The maximum atomic E-state index is 11.7. The molecule has 3 aromatic rings. The summed E-state index contributed by atoms with van der Waals surface area (Å²) in [6.07, 6.45) is 0. The summed E-state index contributed by atoms with van der Waals surface area (Å²) in [5.41, 5.74) is 1.70. The monoisotopic (exact) mass is 303 g/mol. The first-order valence-electron chi connectivity index (χ1n) is 7.07. The highest BCUT2D eigenvalue weighted by Crippen LogP contribution is 2.21. The van der Waals surface area contributed by atoms with Gasteiger partial charge in [0.2, 0.25) is 0 Å². The molecule has 0 aromatic heterocycles. The second-order valence-electron chi connectivity index (χ2n) is 5.06. The fraction of sp³-hybridized carbons (Fsp3) is 0.0556. The van der Waals surface area contributed by atoms with E-state index in [0.717, 1.165) is 5.56 Å². The van der Waals surface area contributed by atoms with Crippen molar-refractivity contribution in [2.75, 3.05) is 10.6 Å². The SMILES string of the molecule is N#Cc1ccc(Nc2c(NCc3ccccc3)c(=O)c2=O)cc1. The van der Waals surface area contributed by atoms with Gasteiger partial charge in [-0.15, -0.1) is 0 Å². The van der Waals surface area contributed by atoms with Crippen LogP contribution in [0.3, 0.4) is 0 Å². The number of nitrogens with one attached hydrogen (secondary N) is 2. The lowest BCUT2D eigenvalue weighted by Crippen LogP contribution is -2.36. The Labute approximate surface area is 132 Å². The maximum Gasteiger partial charge on any atom is 0.253 e. The Kier molecular flexibility index (Phi) is 3.89. The molecule has 0 unspecified atom stereocenters. The Morgan fingerprint density at radius 2 is 1.52 bits per heavy atom. The molecule has 3 aromatic carbocycles. The van der Waals surface area contributed by atoms with Crippen LogP contribution in [0.2, 0.25) is 0 Å². The van der Waals surface area contributed by atoms with Gasteiger partial charge in [-0.1, -0.05) is 30.3 Å². The number of anilines is 3. The molecular weight excluding hydrogens is 290 g/mol. The molecular formula is C18H13N3O2. The zero-order valence-corrected chi connectivity index (χ0v) is 12.2. The Bertz CT molecular complexity index is 931. The van der Waals surface area contributed by atoms with E-state index in [1.807, 2.05) is 36.4 Å². The molecule has 3 rings (SSSR count). The van der Waals surface area contributed by atoms with Gasteiger partial charge in [0.1, 0.15) is 11.4 Å². The molecule has 0 bridgehead atoms. The van der Waals surface area contributed by atoms with Gasteiger partial charge < -0.3 is 10.6 Å². The van der Waals surface area contributed by atoms with Gasteiger partial charge in [0.25, 0.3) is 10.9 Å². The Morgan fingerprint density at radius 3 is 2.17 bits per heavy atom. The van der Waals surface area contributed by atoms with Crippen LogP contribution in [0.15, 0.2) is 64.2 Å². The van der Waals surface area contributed by atoms with Crippen LogP contribution in [0.5, 0.6) is 0 Å². The van der Waals surface area contributed by atoms with Gasteiger partial charge in [-0.2, -0.15) is 5.26 Å². The van der Waals surface area contributed by atoms with Crippen LogP contribution in [-0.2, 0) is 6.54 Å². The maximum absolute atomic E-state index is 11.7. The number of hydrogen-bond acceptors (Lipinski definition) is 5. The van der Waals surface area contributed by atoms with E-state index in [9.17, 15) is 9.59 Å². The van der Waals surface area contributed by atoms with Crippen molar-refractivity contribution in [1.82, 2.24) is 0 Å². The normalized spacial score (nSPS) is 10.2. The van der Waals surface area contributed by atoms with Gasteiger partial charge in [0.15, 0.2) is 0 Å². The molecule has 0 aliphatic heterocycles. The van der Waals surface area contributed by atoms with E-state index in [0.29, 0.717) is 23.5 Å². The van der Waals surface area contributed by atoms with E-state index in [1.54, 1.807) is 24.3 Å². The summed E-state index contributed by atoms with van der Waals surface area (Å²) < 4.78 is 0. The second kappa shape index (κ2) is 6.16. The number of hydrogen-bond donors (Lipinski definition) is 2. The van der Waals surface area contributed by atoms with Crippen LogP contribution in [0, 0.1) is 11.3 Å². The molecule has 0 amide bonds. The summed E-state index contributed by atoms with van der Waals surface area (Å²) in [6, 6.07) is 18.3. The third-order valence-electron chi connectivity index (χ3n) is 3.51. The standard InChI is InChI=1S/C18H13N3O2/c19-10-12-6-8-14(9-7-12)21-16-15(17(22)18(16)23)20-11-13-4-2-1-3-5-13/h1-9,20-21H,11H2. The van der Waals surface area contributed by atoms with Gasteiger partial charge in [-0.25, -0.2) is 0 Å². The van der Waals surface area contributed by atoms with Crippen molar-refractivity contribution in [2.45, 2.75) is 6.54 Å². The van der Waals surface area contributed by atoms with E-state index in [-0.39, 0.29) is 5.69 Å². The summed E-state index contributed by atoms with van der Waals surface area (Å²) in [6.45, 7) is 0.466. The van der Waals surface area contributed by atoms with E-state index >= 15 is 0 Å². The Balaban J connectivity index is 1.75. The number of benzene rings is 2. The first-order valence-corrected chi connectivity index (χ1v) is 7.07. The first kappa shape index (κ1) is 14.5. The average molecular weight is 303 g/mol. The molecule has 0 saturated heterocycles. The van der Waals surface area contributed by atoms with Crippen molar-refractivity contribution in [1.29, 1.82) is 5.26 Å². The molecule has 0 radical (unpaired) electrons. The molecule has 5 heteroatoms. The minimum absolute atomic E-state index is 0.260. The van der Waals surface area contributed by atoms with Gasteiger partial charge in [0, 0.05) is 12.2 Å². The molecule has 23 heavy (non-hydrogen) atoms. The van der Waals surface area contributed by atoms with Gasteiger partial charge in [-0.05, 0) is 29.8 Å². The summed E-state index contributed by atoms with van der Waals surface area (Å²) in [5, 5.41) is 14.7. The highest BCUT2D eigenvalue weighted by Gasteiger charge is 2.20. The molecule has 0 spiro atoms. The highest BCUT2D eigenvalue weighted by atomic mass is 16.2. The van der Waals surface area contributed by atoms with Crippen LogP contribution >= 0.6 is 0 Å². The van der Waals surface area contributed by atoms with Crippen molar-refractivity contribution in [2.24, 2.45) is 0 Å². The lowest BCUT2D eigenvalue weighted by Gasteiger charge is -2.15. The molecule has 0 heterocycles. The smallest absolute Gasteiger partial charge is 0.253 e. The van der Waals surface area contributed by atoms with Crippen molar-refractivity contribution < 1.29 is 0 Å². The number of rotatable bonds is 5. The van der Waals surface area contributed by atoms with Crippen LogP contribution in [-0.4, -0.2) is 0 Å². The summed E-state index contributed by atoms with van der Waals surface area (Å²) in [4.78, 5) is 23.5. The lowest BCUT2D eigenvalue weighted by atomic mass is 10.1. The summed E-state index contributed by atoms with van der Waals surface area (Å²) in [7, 11) is 0. The van der Waals surface area contributed by atoms with Gasteiger partial charge >= 0.3 is 0 Å². The van der Waals surface area contributed by atoms with Crippen LogP contribution in [0.1, 0.15) is 11.1 Å². The predicted octanol–water partition coefficient (Wildman–Crippen LogP) is 2.51. The largest absolute Gasteiger partial charge is 0.376 e. The second-order valence-corrected chi connectivity index (χ2v) is 5.06. The molecule has 0 aliphatic rings. The Hall–Kier alpha value is -3.39. The molecule has 0 saturated carbocycles. The third-order valence-corrected chi connectivity index (χ3v) is 3.51. The van der Waals surface area contributed by atoms with Crippen molar-refractivity contribution in [3.8, 4) is 6.07 Å². The van der Waals surface area contributed by atoms with Crippen LogP contribution in [0.4, 0.5) is 17.1 Å². The minimum Gasteiger partial charge on any atom is -0.376 e. The summed E-state index contributed by atoms with van der Waals surface area (Å²) >= 11 is 0. The lowest BCUT2D eigenvalue weighted by molar-refractivity contribution is 1.13. The molecule has 112 valence electrons. The molecule has 0 aliphatic carbocycles. The van der Waals surface area contributed by atoms with Crippen molar-refractivity contribution in [3.05, 3.63) is 86.2 Å². The molecule has 0 atom stereocenters. The molecule has 0 fully saturated rings. The Morgan fingerprint density at radius 1 is 0.870 bits per heavy atom. The highest BCUT2D eigenvalue weighted by molar-refractivity contribution is 5.78. The van der Waals surface area contributed by atoms with E-state index < -0.39 is 10.9 Å². The first-order chi connectivity index (χ1) is 11.2. The third kappa shape index (κ3) is 2.97. The fourth-order valence-electron chi connectivity index (χ4n) is 2.24. The fourth-order valence-corrected chi connectivity index (χ4v) is 2.24. The van der Waals surface area contributed by atoms with E-state index in [1.165, 1.54) is 0 Å². The van der Waals surface area contributed by atoms with Crippen molar-refractivity contribution >= 4 is 17.1 Å². The number of nitriles is 1.